The summed E-state index contributed by atoms with van der Waals surface area (Å²) < 4.78 is 5.64. The van der Waals surface area contributed by atoms with Crippen molar-refractivity contribution < 1.29 is 4.74 Å². The average Bonchev–Trinajstić information content (AvgIpc) is 2.53. The first kappa shape index (κ1) is 16.8. The van der Waals surface area contributed by atoms with E-state index in [0.29, 0.717) is 13.2 Å². The second-order valence-electron chi connectivity index (χ2n) is 5.50. The van der Waals surface area contributed by atoms with Gasteiger partial charge in [-0.2, -0.15) is 0 Å². The molecule has 3 N–H and O–H groups in total. The minimum atomic E-state index is -0.614. The number of hydrogen-bond acceptors (Lipinski definition) is 6. The summed E-state index contributed by atoms with van der Waals surface area (Å²) in [6, 6.07) is 7.95. The minimum Gasteiger partial charge on any atom is -0.490 e. The summed E-state index contributed by atoms with van der Waals surface area (Å²) in [6.45, 7) is 1.70. The molecule has 0 unspecified atom stereocenters. The summed E-state index contributed by atoms with van der Waals surface area (Å²) in [7, 11) is 4.04. The van der Waals surface area contributed by atoms with Crippen LogP contribution in [0.5, 0.6) is 5.75 Å². The van der Waals surface area contributed by atoms with Gasteiger partial charge in [-0.15, -0.1) is 0 Å². The van der Waals surface area contributed by atoms with Crippen LogP contribution in [0, 0.1) is 0 Å². The molecule has 0 aromatic heterocycles. The number of nitrogens with zero attached hydrogens (tertiary/aromatic N) is 1. The number of ether oxygens (including phenoxy) is 1. The quantitative estimate of drug-likeness (QED) is 0.558. The van der Waals surface area contributed by atoms with Gasteiger partial charge in [0.25, 0.3) is 10.9 Å². The first-order chi connectivity index (χ1) is 11.0. The Labute approximate surface area is 134 Å². The van der Waals surface area contributed by atoms with Crippen molar-refractivity contribution in [2.24, 2.45) is 0 Å². The van der Waals surface area contributed by atoms with E-state index in [4.69, 9.17) is 10.5 Å². The number of hydrogen-bond donors (Lipinski definition) is 2. The maximum Gasteiger partial charge on any atom is 0.253 e. The van der Waals surface area contributed by atoms with E-state index in [1.54, 1.807) is 0 Å². The third-order valence-electron chi connectivity index (χ3n) is 3.25. The van der Waals surface area contributed by atoms with Crippen molar-refractivity contribution in [1.29, 1.82) is 0 Å². The largest absolute Gasteiger partial charge is 0.490 e. The van der Waals surface area contributed by atoms with Crippen molar-refractivity contribution in [3.05, 3.63) is 62.4 Å². The van der Waals surface area contributed by atoms with Gasteiger partial charge in [0.1, 0.15) is 23.7 Å². The van der Waals surface area contributed by atoms with Crippen LogP contribution in [0.3, 0.4) is 0 Å². The lowest BCUT2D eigenvalue weighted by atomic mass is 10.2. The molecule has 2 rings (SSSR count). The van der Waals surface area contributed by atoms with E-state index >= 15 is 0 Å². The maximum absolute atomic E-state index is 11.2. The predicted molar refractivity (Wildman–Crippen MR) is 92.7 cm³/mol. The van der Waals surface area contributed by atoms with E-state index in [0.717, 1.165) is 12.3 Å². The highest BCUT2D eigenvalue weighted by molar-refractivity contribution is 5.71. The molecule has 6 heteroatoms. The van der Waals surface area contributed by atoms with Crippen LogP contribution in [0.15, 0.2) is 46.0 Å². The molecule has 0 aliphatic heterocycles. The molecule has 0 saturated heterocycles. The van der Waals surface area contributed by atoms with Gasteiger partial charge in [-0.3, -0.25) is 9.59 Å². The van der Waals surface area contributed by atoms with Crippen LogP contribution in [0.1, 0.15) is 5.56 Å². The van der Waals surface area contributed by atoms with Crippen molar-refractivity contribution >= 4 is 11.4 Å². The molecule has 23 heavy (non-hydrogen) atoms. The van der Waals surface area contributed by atoms with Gasteiger partial charge >= 0.3 is 0 Å². The molecule has 0 atom stereocenters. The monoisotopic (exact) mass is 315 g/mol. The molecule has 122 valence electrons. The number of nitrogens with two attached hydrogens (primary N) is 1. The zero-order chi connectivity index (χ0) is 16.8. The fourth-order valence-corrected chi connectivity index (χ4v) is 2.14. The van der Waals surface area contributed by atoms with Crippen molar-refractivity contribution in [2.75, 3.05) is 38.3 Å². The Kier molecular flexibility index (Phi) is 5.54. The van der Waals surface area contributed by atoms with Crippen LogP contribution in [0.2, 0.25) is 0 Å². The Balaban J connectivity index is 1.75. The van der Waals surface area contributed by atoms with E-state index < -0.39 is 10.9 Å². The molecule has 0 saturated carbocycles. The molecule has 2 aromatic rings. The van der Waals surface area contributed by atoms with Gasteiger partial charge in [-0.25, -0.2) is 0 Å². The highest BCUT2D eigenvalue weighted by Crippen LogP contribution is 2.14. The van der Waals surface area contributed by atoms with Crippen molar-refractivity contribution in [2.45, 2.75) is 6.54 Å². The molecule has 0 amide bonds. The lowest BCUT2D eigenvalue weighted by Gasteiger charge is -2.11. The van der Waals surface area contributed by atoms with Crippen LogP contribution in [0.25, 0.3) is 0 Å². The molecule has 0 aliphatic rings. The van der Waals surface area contributed by atoms with Crippen molar-refractivity contribution in [1.82, 2.24) is 4.90 Å². The van der Waals surface area contributed by atoms with Crippen LogP contribution in [0.4, 0.5) is 11.4 Å². The number of anilines is 2. The Morgan fingerprint density at radius 1 is 1.22 bits per heavy atom. The smallest absolute Gasteiger partial charge is 0.253 e. The lowest BCUT2D eigenvalue weighted by Crippen LogP contribution is -2.37. The van der Waals surface area contributed by atoms with Crippen molar-refractivity contribution in [3.63, 3.8) is 0 Å². The average molecular weight is 315 g/mol. The number of benzene rings is 1. The first-order valence-corrected chi connectivity index (χ1v) is 7.33. The molecular weight excluding hydrogens is 294 g/mol. The van der Waals surface area contributed by atoms with Crippen LogP contribution >= 0.6 is 0 Å². The Morgan fingerprint density at radius 2 is 2.00 bits per heavy atom. The second-order valence-corrected chi connectivity index (χ2v) is 5.50. The molecular formula is C17H21N3O3. The standard InChI is InChI=1S/C17H21N3O3/c1-20(2)11-12-6-5-7-13(10-12)23-9-4-3-8-19-15-14(18)16(21)17(15)22/h3-7,10,19H,8-9,11,18H2,1-2H3. The summed E-state index contributed by atoms with van der Waals surface area (Å²) in [6.07, 6.45) is 3.66. The Morgan fingerprint density at radius 3 is 2.70 bits per heavy atom. The summed E-state index contributed by atoms with van der Waals surface area (Å²) in [5.74, 6) is 0.814. The molecule has 0 bridgehead atoms. The summed E-state index contributed by atoms with van der Waals surface area (Å²) in [5.41, 5.74) is 5.66. The highest BCUT2D eigenvalue weighted by atomic mass is 16.5. The zero-order valence-corrected chi connectivity index (χ0v) is 13.3. The van der Waals surface area contributed by atoms with Gasteiger partial charge in [-0.05, 0) is 37.9 Å². The Hall–Kier alpha value is -2.60. The fraction of sp³-hybridized carbons (Fsp3) is 0.294. The lowest BCUT2D eigenvalue weighted by molar-refractivity contribution is 0.359. The third kappa shape index (κ3) is 4.43. The molecule has 0 heterocycles. The summed E-state index contributed by atoms with van der Waals surface area (Å²) >= 11 is 0. The van der Waals surface area contributed by atoms with Crippen LogP contribution in [-0.4, -0.2) is 32.1 Å². The van der Waals surface area contributed by atoms with Gasteiger partial charge in [0.2, 0.25) is 0 Å². The van der Waals surface area contributed by atoms with Gasteiger partial charge in [0.15, 0.2) is 0 Å². The molecule has 2 aromatic carbocycles. The Bertz CT molecular complexity index is 759. The predicted octanol–water partition coefficient (Wildman–Crippen LogP) is 0.974. The SMILES string of the molecule is CN(C)Cc1cccc(OCC=CCNc2c(N)c(=O)c2=O)c1. The summed E-state index contributed by atoms with van der Waals surface area (Å²) in [4.78, 5) is 24.2. The number of nitrogen functional groups attached to an aromatic ring is 1. The summed E-state index contributed by atoms with van der Waals surface area (Å²) in [5, 5.41) is 2.81. The first-order valence-electron chi connectivity index (χ1n) is 7.33. The van der Waals surface area contributed by atoms with E-state index in [1.807, 2.05) is 44.4 Å². The van der Waals surface area contributed by atoms with Gasteiger partial charge in [-0.1, -0.05) is 18.2 Å². The molecule has 0 fully saturated rings. The minimum absolute atomic E-state index is 0.0114. The maximum atomic E-state index is 11.2. The molecule has 0 radical (unpaired) electrons. The third-order valence-corrected chi connectivity index (χ3v) is 3.25. The molecule has 6 nitrogen and oxygen atoms in total. The number of nitrogens with one attached hydrogen (secondary N) is 1. The van der Waals surface area contributed by atoms with Crippen LogP contribution < -0.4 is 26.6 Å². The normalized spacial score (nSPS) is 11.4. The molecule has 0 aliphatic carbocycles. The highest BCUT2D eigenvalue weighted by Gasteiger charge is 2.16. The van der Waals surface area contributed by atoms with Crippen LogP contribution in [-0.2, 0) is 6.54 Å². The number of rotatable bonds is 8. The topological polar surface area (TPSA) is 84.7 Å². The second kappa shape index (κ2) is 7.60. The van der Waals surface area contributed by atoms with E-state index in [2.05, 4.69) is 16.3 Å². The zero-order valence-electron chi connectivity index (χ0n) is 13.3. The molecule has 0 spiro atoms. The van der Waals surface area contributed by atoms with Gasteiger partial charge in [0, 0.05) is 13.1 Å². The van der Waals surface area contributed by atoms with E-state index in [1.165, 1.54) is 5.56 Å². The van der Waals surface area contributed by atoms with Crippen molar-refractivity contribution in [3.8, 4) is 5.75 Å². The van der Waals surface area contributed by atoms with E-state index in [-0.39, 0.29) is 11.4 Å². The van der Waals surface area contributed by atoms with Gasteiger partial charge < -0.3 is 20.7 Å². The van der Waals surface area contributed by atoms with E-state index in [9.17, 15) is 9.59 Å². The van der Waals surface area contributed by atoms with Gasteiger partial charge in [0.05, 0.1) is 0 Å². The fourth-order valence-electron chi connectivity index (χ4n) is 2.14.